The molecule has 0 aromatic rings. The number of piperidine rings is 1. The molecule has 1 aliphatic heterocycles. The van der Waals surface area contributed by atoms with Gasteiger partial charge >= 0.3 is 0 Å². The first-order valence-corrected chi connectivity index (χ1v) is 7.46. The second-order valence-corrected chi connectivity index (χ2v) is 5.99. The van der Waals surface area contributed by atoms with Crippen molar-refractivity contribution in [3.8, 4) is 0 Å². The Hall–Kier alpha value is -0.700. The number of halogens is 2. The van der Waals surface area contributed by atoms with Gasteiger partial charge in [0.15, 0.2) is 0 Å². The summed E-state index contributed by atoms with van der Waals surface area (Å²) in [5.74, 6) is -3.21. The Kier molecular flexibility index (Phi) is 4.77. The molecule has 108 valence electrons. The van der Waals surface area contributed by atoms with Gasteiger partial charge in [-0.25, -0.2) is 8.78 Å². The Balaban J connectivity index is 2.08. The number of hydrogen-bond donors (Lipinski definition) is 0. The summed E-state index contributed by atoms with van der Waals surface area (Å²) in [6.07, 6.45) is 9.58. The molecule has 0 aromatic carbocycles. The Bertz CT molecular complexity index is 354. The normalized spacial score (nSPS) is 30.6. The zero-order valence-corrected chi connectivity index (χ0v) is 12.0. The van der Waals surface area contributed by atoms with Crippen LogP contribution in [0, 0.1) is 5.92 Å². The largest absolute Gasteiger partial charge is 0.297 e. The molecule has 0 bridgehead atoms. The van der Waals surface area contributed by atoms with E-state index in [0.717, 1.165) is 24.7 Å². The minimum atomic E-state index is -2.67. The van der Waals surface area contributed by atoms with Crippen molar-refractivity contribution >= 4 is 0 Å². The van der Waals surface area contributed by atoms with Gasteiger partial charge in [-0.15, -0.1) is 0 Å². The fourth-order valence-corrected chi connectivity index (χ4v) is 3.38. The molecule has 1 saturated heterocycles. The fraction of sp³-hybridized carbons (Fsp3) is 0.750. The van der Waals surface area contributed by atoms with Gasteiger partial charge in [0, 0.05) is 12.0 Å². The van der Waals surface area contributed by atoms with Gasteiger partial charge in [-0.2, -0.15) is 0 Å². The molecule has 0 N–H and O–H groups in total. The van der Waals surface area contributed by atoms with Crippen LogP contribution in [0.25, 0.3) is 0 Å². The Morgan fingerprint density at radius 1 is 1.26 bits per heavy atom. The minimum Gasteiger partial charge on any atom is -0.297 e. The van der Waals surface area contributed by atoms with E-state index in [0.29, 0.717) is 12.8 Å². The number of nitrogens with zero attached hydrogens (tertiary/aromatic N) is 1. The van der Waals surface area contributed by atoms with Crippen LogP contribution in [0.1, 0.15) is 46.0 Å². The second-order valence-electron chi connectivity index (χ2n) is 5.99. The van der Waals surface area contributed by atoms with E-state index < -0.39 is 11.8 Å². The summed E-state index contributed by atoms with van der Waals surface area (Å²) in [5.41, 5.74) is 1.12. The van der Waals surface area contributed by atoms with Crippen LogP contribution in [0.15, 0.2) is 23.8 Å². The van der Waals surface area contributed by atoms with Crippen LogP contribution in [0.4, 0.5) is 8.78 Å². The quantitative estimate of drug-likeness (QED) is 0.686. The number of allylic oxidation sites excluding steroid dienone is 3. The molecule has 1 aliphatic carbocycles. The van der Waals surface area contributed by atoms with Gasteiger partial charge in [0.05, 0.1) is 0 Å². The molecule has 19 heavy (non-hydrogen) atoms. The van der Waals surface area contributed by atoms with E-state index in [1.54, 1.807) is 6.92 Å². The number of hydrogen-bond acceptors (Lipinski definition) is 1. The van der Waals surface area contributed by atoms with Crippen LogP contribution in [0.5, 0.6) is 0 Å². The predicted octanol–water partition coefficient (Wildman–Crippen LogP) is 4.41. The third-order valence-electron chi connectivity index (χ3n) is 4.36. The van der Waals surface area contributed by atoms with Gasteiger partial charge in [-0.1, -0.05) is 24.1 Å². The molecule has 2 aliphatic rings. The Morgan fingerprint density at radius 3 is 2.58 bits per heavy atom. The summed E-state index contributed by atoms with van der Waals surface area (Å²) < 4.78 is 28.2. The molecule has 2 atom stereocenters. The second kappa shape index (κ2) is 6.17. The van der Waals surface area contributed by atoms with Gasteiger partial charge in [-0.05, 0) is 58.7 Å². The van der Waals surface area contributed by atoms with E-state index >= 15 is 0 Å². The van der Waals surface area contributed by atoms with Gasteiger partial charge in [0.1, 0.15) is 0 Å². The average molecular weight is 269 g/mol. The first kappa shape index (κ1) is 14.7. The van der Waals surface area contributed by atoms with Crippen molar-refractivity contribution in [2.75, 3.05) is 13.1 Å². The highest BCUT2D eigenvalue weighted by molar-refractivity contribution is 5.14. The van der Waals surface area contributed by atoms with Crippen LogP contribution in [-0.4, -0.2) is 30.0 Å². The van der Waals surface area contributed by atoms with Crippen LogP contribution in [-0.2, 0) is 0 Å². The predicted molar refractivity (Wildman–Crippen MR) is 75.5 cm³/mol. The van der Waals surface area contributed by atoms with Crippen LogP contribution >= 0.6 is 0 Å². The maximum Gasteiger partial charge on any atom is 0.269 e. The summed E-state index contributed by atoms with van der Waals surface area (Å²) >= 11 is 0. The monoisotopic (exact) mass is 269 g/mol. The maximum absolute atomic E-state index is 14.1. The molecule has 1 nitrogen and oxygen atoms in total. The Morgan fingerprint density at radius 2 is 1.95 bits per heavy atom. The molecule has 0 radical (unpaired) electrons. The van der Waals surface area contributed by atoms with Gasteiger partial charge in [0.2, 0.25) is 0 Å². The topological polar surface area (TPSA) is 3.24 Å². The molecule has 3 heteroatoms. The lowest BCUT2D eigenvalue weighted by Crippen LogP contribution is -2.43. The van der Waals surface area contributed by atoms with Crippen molar-refractivity contribution < 1.29 is 8.78 Å². The van der Waals surface area contributed by atoms with E-state index in [9.17, 15) is 8.78 Å². The molecule has 1 heterocycles. The fourth-order valence-electron chi connectivity index (χ4n) is 3.38. The molecule has 0 aromatic heterocycles. The van der Waals surface area contributed by atoms with E-state index in [1.165, 1.54) is 25.3 Å². The molecule has 0 amide bonds. The van der Waals surface area contributed by atoms with Crippen molar-refractivity contribution in [2.45, 2.75) is 57.9 Å². The van der Waals surface area contributed by atoms with Crippen molar-refractivity contribution in [1.29, 1.82) is 0 Å². The maximum atomic E-state index is 14.1. The highest BCUT2D eigenvalue weighted by atomic mass is 19.3. The van der Waals surface area contributed by atoms with Crippen LogP contribution in [0.2, 0.25) is 0 Å². The standard InChI is InChI=1S/C16H25F2N/c1-3-7-16(17,18)14-10-13(2)11-15(12-14)19-8-5-4-6-9-19/h3,7,11,14-15H,4-6,8-10,12H2,1-2H3/b7-3+/t14?,15-/m1/s1. The summed E-state index contributed by atoms with van der Waals surface area (Å²) in [6.45, 7) is 5.79. The van der Waals surface area contributed by atoms with E-state index in [4.69, 9.17) is 0 Å². The van der Waals surface area contributed by atoms with E-state index in [1.807, 2.05) is 6.92 Å². The van der Waals surface area contributed by atoms with Crippen molar-refractivity contribution in [3.63, 3.8) is 0 Å². The van der Waals surface area contributed by atoms with Crippen molar-refractivity contribution in [2.24, 2.45) is 5.92 Å². The smallest absolute Gasteiger partial charge is 0.269 e. The third-order valence-corrected chi connectivity index (χ3v) is 4.36. The average Bonchev–Trinajstić information content (AvgIpc) is 2.39. The van der Waals surface area contributed by atoms with Gasteiger partial charge < -0.3 is 0 Å². The lowest BCUT2D eigenvalue weighted by molar-refractivity contribution is -0.0251. The highest BCUT2D eigenvalue weighted by Gasteiger charge is 2.40. The molecule has 2 rings (SSSR count). The summed E-state index contributed by atoms with van der Waals surface area (Å²) in [6, 6.07) is 0.218. The van der Waals surface area contributed by atoms with E-state index in [-0.39, 0.29) is 6.04 Å². The Labute approximate surface area is 115 Å². The van der Waals surface area contributed by atoms with Crippen molar-refractivity contribution in [3.05, 3.63) is 23.8 Å². The highest BCUT2D eigenvalue weighted by Crippen LogP contribution is 2.39. The first-order chi connectivity index (χ1) is 9.03. The summed E-state index contributed by atoms with van der Waals surface area (Å²) in [7, 11) is 0. The number of likely N-dealkylation sites (tertiary alicyclic amines) is 1. The minimum absolute atomic E-state index is 0.218. The summed E-state index contributed by atoms with van der Waals surface area (Å²) in [4.78, 5) is 2.39. The number of alkyl halides is 2. The van der Waals surface area contributed by atoms with Gasteiger partial charge in [0.25, 0.3) is 5.92 Å². The lowest BCUT2D eigenvalue weighted by Gasteiger charge is -2.39. The SMILES string of the molecule is C/C=C/C(F)(F)C1CC(C)=C[C@@H](N2CCCCC2)C1. The zero-order valence-electron chi connectivity index (χ0n) is 12.0. The van der Waals surface area contributed by atoms with Crippen LogP contribution < -0.4 is 0 Å². The molecule has 0 saturated carbocycles. The van der Waals surface area contributed by atoms with Crippen molar-refractivity contribution in [1.82, 2.24) is 4.90 Å². The lowest BCUT2D eigenvalue weighted by atomic mass is 9.81. The van der Waals surface area contributed by atoms with Gasteiger partial charge in [-0.3, -0.25) is 4.90 Å². The molecular formula is C16H25F2N. The molecule has 1 fully saturated rings. The number of rotatable bonds is 3. The molecule has 0 spiro atoms. The van der Waals surface area contributed by atoms with E-state index in [2.05, 4.69) is 11.0 Å². The van der Waals surface area contributed by atoms with Crippen LogP contribution in [0.3, 0.4) is 0 Å². The molecule has 1 unspecified atom stereocenters. The third kappa shape index (κ3) is 3.65. The zero-order chi connectivity index (χ0) is 13.9. The first-order valence-electron chi connectivity index (χ1n) is 7.46. The molecular weight excluding hydrogens is 244 g/mol. The summed E-state index contributed by atoms with van der Waals surface area (Å²) in [5, 5.41) is 0.